The molecule has 6 rings (SSSR count). The summed E-state index contributed by atoms with van der Waals surface area (Å²) in [4.78, 5) is 13.4. The topological polar surface area (TPSA) is 62.2 Å². The Morgan fingerprint density at radius 1 is 1.12 bits per heavy atom. The SMILES string of the molecule is O=C1C2=CC(Cc3ccc(-n4cccn4)cc3)NC3CCCC23NN1c1ccccc1F. The summed E-state index contributed by atoms with van der Waals surface area (Å²) >= 11 is 0. The van der Waals surface area contributed by atoms with E-state index < -0.39 is 11.4 Å². The molecule has 32 heavy (non-hydrogen) atoms. The number of hydrogen-bond donors (Lipinski definition) is 2. The van der Waals surface area contributed by atoms with Crippen molar-refractivity contribution in [2.45, 2.75) is 43.3 Å². The van der Waals surface area contributed by atoms with E-state index in [1.165, 1.54) is 16.6 Å². The van der Waals surface area contributed by atoms with E-state index >= 15 is 0 Å². The van der Waals surface area contributed by atoms with Crippen molar-refractivity contribution in [2.75, 3.05) is 5.01 Å². The van der Waals surface area contributed by atoms with E-state index in [9.17, 15) is 9.18 Å². The smallest absolute Gasteiger partial charge is 0.270 e. The highest BCUT2D eigenvalue weighted by Gasteiger charge is 2.57. The Labute approximate surface area is 185 Å². The molecule has 3 atom stereocenters. The minimum atomic E-state index is -0.459. The van der Waals surface area contributed by atoms with E-state index in [2.05, 4.69) is 46.2 Å². The van der Waals surface area contributed by atoms with Gasteiger partial charge in [0, 0.05) is 30.1 Å². The Balaban J connectivity index is 1.29. The summed E-state index contributed by atoms with van der Waals surface area (Å²) in [5.74, 6) is -0.553. The van der Waals surface area contributed by atoms with Gasteiger partial charge in [-0.2, -0.15) is 5.10 Å². The summed E-state index contributed by atoms with van der Waals surface area (Å²) in [6.45, 7) is 0. The Morgan fingerprint density at radius 2 is 1.97 bits per heavy atom. The van der Waals surface area contributed by atoms with E-state index in [4.69, 9.17) is 0 Å². The van der Waals surface area contributed by atoms with Gasteiger partial charge in [0.25, 0.3) is 5.91 Å². The van der Waals surface area contributed by atoms with Crippen LogP contribution in [0.2, 0.25) is 0 Å². The van der Waals surface area contributed by atoms with Crippen LogP contribution in [0, 0.1) is 5.82 Å². The summed E-state index contributed by atoms with van der Waals surface area (Å²) in [6.07, 6.45) is 9.38. The van der Waals surface area contributed by atoms with E-state index in [1.807, 2.05) is 16.9 Å². The highest BCUT2D eigenvalue weighted by Crippen LogP contribution is 2.44. The van der Waals surface area contributed by atoms with Gasteiger partial charge in [0.15, 0.2) is 0 Å². The lowest BCUT2D eigenvalue weighted by Crippen LogP contribution is -2.61. The fraction of sp³-hybridized carbons (Fsp3) is 0.280. The molecular weight excluding hydrogens is 405 g/mol. The molecule has 162 valence electrons. The molecule has 3 heterocycles. The van der Waals surface area contributed by atoms with Crippen LogP contribution in [0.3, 0.4) is 0 Å². The lowest BCUT2D eigenvalue weighted by Gasteiger charge is -2.39. The molecule has 7 heteroatoms. The minimum Gasteiger partial charge on any atom is -0.305 e. The zero-order valence-corrected chi connectivity index (χ0v) is 17.5. The second-order valence-electron chi connectivity index (χ2n) is 8.79. The number of anilines is 1. The second-order valence-corrected chi connectivity index (χ2v) is 8.79. The van der Waals surface area contributed by atoms with Gasteiger partial charge in [-0.1, -0.05) is 30.3 Å². The Bertz CT molecular complexity index is 1190. The number of carbonyl (C=O) groups excluding carboxylic acids is 1. The molecule has 2 aliphatic heterocycles. The number of para-hydroxylation sites is 1. The van der Waals surface area contributed by atoms with E-state index in [0.717, 1.165) is 36.9 Å². The Morgan fingerprint density at radius 3 is 2.75 bits per heavy atom. The van der Waals surface area contributed by atoms with Crippen LogP contribution in [0.4, 0.5) is 10.1 Å². The molecule has 2 aromatic carbocycles. The predicted molar refractivity (Wildman–Crippen MR) is 120 cm³/mol. The van der Waals surface area contributed by atoms with Gasteiger partial charge in [-0.25, -0.2) is 19.5 Å². The maximum Gasteiger partial charge on any atom is 0.270 e. The van der Waals surface area contributed by atoms with Crippen LogP contribution in [0.15, 0.2) is 78.6 Å². The predicted octanol–water partition coefficient (Wildman–Crippen LogP) is 3.29. The van der Waals surface area contributed by atoms with Gasteiger partial charge in [-0.05, 0) is 61.6 Å². The fourth-order valence-electron chi connectivity index (χ4n) is 5.42. The summed E-state index contributed by atoms with van der Waals surface area (Å²) in [6, 6.07) is 16.8. The highest BCUT2D eigenvalue weighted by atomic mass is 19.1. The number of rotatable bonds is 4. The first kappa shape index (κ1) is 19.4. The third-order valence-electron chi connectivity index (χ3n) is 6.92. The van der Waals surface area contributed by atoms with Crippen molar-refractivity contribution in [3.8, 4) is 5.69 Å². The van der Waals surface area contributed by atoms with Crippen molar-refractivity contribution in [2.24, 2.45) is 0 Å². The van der Waals surface area contributed by atoms with E-state index in [1.54, 1.807) is 24.4 Å². The van der Waals surface area contributed by atoms with E-state index in [0.29, 0.717) is 0 Å². The lowest BCUT2D eigenvalue weighted by molar-refractivity contribution is -0.114. The lowest BCUT2D eigenvalue weighted by atomic mass is 9.80. The number of halogens is 1. The number of benzene rings is 2. The number of nitrogens with one attached hydrogen (secondary N) is 2. The minimum absolute atomic E-state index is 0.0445. The van der Waals surface area contributed by atoms with Gasteiger partial charge >= 0.3 is 0 Å². The van der Waals surface area contributed by atoms with E-state index in [-0.39, 0.29) is 23.7 Å². The number of aromatic nitrogens is 2. The standard InChI is InChI=1S/C25H24FN5O/c26-21-5-1-2-6-22(21)31-24(32)20-16-18(28-23-7-3-12-25(20,23)29-31)15-17-8-10-19(11-9-17)30-14-4-13-27-30/h1-2,4-6,8-11,13-14,16,18,23,28-29H,3,7,12,15H2. The van der Waals surface area contributed by atoms with Crippen LogP contribution in [0.1, 0.15) is 24.8 Å². The molecule has 2 fully saturated rings. The van der Waals surface area contributed by atoms with Crippen LogP contribution in [-0.4, -0.2) is 33.3 Å². The quantitative estimate of drug-likeness (QED) is 0.668. The molecule has 3 aromatic rings. The summed E-state index contributed by atoms with van der Waals surface area (Å²) < 4.78 is 16.3. The molecule has 1 saturated carbocycles. The first-order chi connectivity index (χ1) is 15.6. The van der Waals surface area contributed by atoms with Gasteiger partial charge in [-0.15, -0.1) is 0 Å². The third kappa shape index (κ3) is 3.00. The molecule has 3 aliphatic rings. The highest BCUT2D eigenvalue weighted by molar-refractivity contribution is 6.10. The zero-order valence-electron chi connectivity index (χ0n) is 17.5. The third-order valence-corrected chi connectivity index (χ3v) is 6.92. The van der Waals surface area contributed by atoms with Crippen LogP contribution >= 0.6 is 0 Å². The average molecular weight is 429 g/mol. The molecule has 1 aliphatic carbocycles. The van der Waals surface area contributed by atoms with Gasteiger partial charge in [0.2, 0.25) is 0 Å². The molecule has 1 amide bonds. The molecule has 0 bridgehead atoms. The summed E-state index contributed by atoms with van der Waals surface area (Å²) in [5.41, 5.74) is 6.17. The first-order valence-corrected chi connectivity index (χ1v) is 11.1. The van der Waals surface area contributed by atoms with Crippen LogP contribution in [0.25, 0.3) is 5.69 Å². The second kappa shape index (κ2) is 7.39. The number of hydrazine groups is 1. The van der Waals surface area contributed by atoms with Crippen molar-refractivity contribution < 1.29 is 9.18 Å². The molecule has 1 spiro atoms. The largest absolute Gasteiger partial charge is 0.305 e. The molecular formula is C25H24FN5O. The molecule has 6 nitrogen and oxygen atoms in total. The van der Waals surface area contributed by atoms with Crippen molar-refractivity contribution >= 4 is 11.6 Å². The Hall–Kier alpha value is -3.29. The molecule has 2 N–H and O–H groups in total. The van der Waals surface area contributed by atoms with Gasteiger partial charge in [0.05, 0.1) is 16.9 Å². The number of hydrogen-bond acceptors (Lipinski definition) is 4. The van der Waals surface area contributed by atoms with Crippen molar-refractivity contribution in [1.82, 2.24) is 20.5 Å². The summed E-state index contributed by atoms with van der Waals surface area (Å²) in [7, 11) is 0. The fourth-order valence-corrected chi connectivity index (χ4v) is 5.42. The molecule has 1 saturated heterocycles. The van der Waals surface area contributed by atoms with Crippen LogP contribution in [0.5, 0.6) is 0 Å². The molecule has 0 radical (unpaired) electrons. The normalized spacial score (nSPS) is 26.7. The van der Waals surface area contributed by atoms with Gasteiger partial charge < -0.3 is 5.32 Å². The molecule has 3 unspecified atom stereocenters. The first-order valence-electron chi connectivity index (χ1n) is 11.1. The zero-order chi connectivity index (χ0) is 21.7. The van der Waals surface area contributed by atoms with Crippen LogP contribution in [-0.2, 0) is 11.2 Å². The van der Waals surface area contributed by atoms with Crippen LogP contribution < -0.4 is 15.8 Å². The Kier molecular flexibility index (Phi) is 4.48. The number of nitrogens with zero attached hydrogens (tertiary/aromatic N) is 3. The monoisotopic (exact) mass is 429 g/mol. The summed E-state index contributed by atoms with van der Waals surface area (Å²) in [5, 5.41) is 9.42. The van der Waals surface area contributed by atoms with Crippen molar-refractivity contribution in [1.29, 1.82) is 0 Å². The number of carbonyl (C=O) groups is 1. The van der Waals surface area contributed by atoms with Gasteiger partial charge in [-0.3, -0.25) is 4.79 Å². The van der Waals surface area contributed by atoms with Gasteiger partial charge in [0.1, 0.15) is 5.82 Å². The van der Waals surface area contributed by atoms with Crippen molar-refractivity contribution in [3.05, 3.63) is 90.0 Å². The van der Waals surface area contributed by atoms with Crippen molar-refractivity contribution in [3.63, 3.8) is 0 Å². The maximum atomic E-state index is 14.5. The number of amides is 1. The molecule has 1 aromatic heterocycles. The average Bonchev–Trinajstić information content (AvgIpc) is 3.53. The maximum absolute atomic E-state index is 14.5.